The van der Waals surface area contributed by atoms with Crippen molar-refractivity contribution in [1.82, 2.24) is 19.9 Å². The van der Waals surface area contributed by atoms with Crippen molar-refractivity contribution in [3.05, 3.63) is 57.9 Å². The van der Waals surface area contributed by atoms with E-state index in [0.717, 1.165) is 48.6 Å². The number of fused-ring (bicyclic) bond motifs is 2. The van der Waals surface area contributed by atoms with Gasteiger partial charge in [0.15, 0.2) is 16.6 Å². The molecule has 1 aliphatic carbocycles. The standard InChI is InChI=1S/C24H26F2N8OS/c25-24(26)12-34(11-15-19(24)32-22(29)36-15)21(35)17-20(28)31-16(10-30-17)33-7-5-23(6-8-33)9-13-3-1-2-4-14(13)18(23)27/h1-4,10,18H,5-9,11-12,27H2,(H2,28,31)(H2,29,32)/t18-/m1/s1. The molecule has 6 N–H and O–H groups in total. The average Bonchev–Trinajstić information content (AvgIpc) is 3.36. The molecule has 1 amide bonds. The summed E-state index contributed by atoms with van der Waals surface area (Å²) in [6.45, 7) is 0.619. The molecule has 4 heterocycles. The minimum absolute atomic E-state index is 0.00378. The zero-order valence-electron chi connectivity index (χ0n) is 19.5. The Morgan fingerprint density at radius 3 is 2.61 bits per heavy atom. The maximum absolute atomic E-state index is 14.6. The van der Waals surface area contributed by atoms with E-state index in [4.69, 9.17) is 17.2 Å². The maximum atomic E-state index is 14.6. The fourth-order valence-electron chi connectivity index (χ4n) is 5.80. The van der Waals surface area contributed by atoms with Crippen LogP contribution in [0.5, 0.6) is 0 Å². The van der Waals surface area contributed by atoms with E-state index in [9.17, 15) is 13.6 Å². The minimum Gasteiger partial charge on any atom is -0.382 e. The number of benzene rings is 1. The van der Waals surface area contributed by atoms with E-state index in [1.807, 2.05) is 6.07 Å². The van der Waals surface area contributed by atoms with Crippen molar-refractivity contribution in [1.29, 1.82) is 0 Å². The van der Waals surface area contributed by atoms with Crippen molar-refractivity contribution in [2.24, 2.45) is 11.1 Å². The Morgan fingerprint density at radius 2 is 1.89 bits per heavy atom. The lowest BCUT2D eigenvalue weighted by molar-refractivity contribution is -0.0478. The highest BCUT2D eigenvalue weighted by Crippen LogP contribution is 2.51. The number of anilines is 3. The molecule has 2 aromatic heterocycles. The highest BCUT2D eigenvalue weighted by atomic mass is 32.1. The summed E-state index contributed by atoms with van der Waals surface area (Å²) >= 11 is 0.948. The molecule has 1 spiro atoms. The first-order valence-electron chi connectivity index (χ1n) is 11.8. The predicted octanol–water partition coefficient (Wildman–Crippen LogP) is 2.69. The van der Waals surface area contributed by atoms with Crippen molar-refractivity contribution in [3.8, 4) is 0 Å². The van der Waals surface area contributed by atoms with Gasteiger partial charge in [-0.15, -0.1) is 0 Å². The van der Waals surface area contributed by atoms with Crippen molar-refractivity contribution >= 4 is 34.0 Å². The van der Waals surface area contributed by atoms with Crippen molar-refractivity contribution < 1.29 is 13.6 Å². The molecule has 3 aromatic rings. The van der Waals surface area contributed by atoms with E-state index in [-0.39, 0.29) is 45.2 Å². The molecule has 1 atom stereocenters. The van der Waals surface area contributed by atoms with E-state index in [1.54, 1.807) is 0 Å². The Hall–Kier alpha value is -3.38. The van der Waals surface area contributed by atoms with Crippen LogP contribution in [0.4, 0.5) is 25.5 Å². The SMILES string of the molecule is Nc1nc2c(s1)CN(C(=O)c1ncc(N3CCC4(CC3)Cc3ccccc3[C@H]4N)nc1N)CC2(F)F. The van der Waals surface area contributed by atoms with Gasteiger partial charge in [0.1, 0.15) is 11.5 Å². The Morgan fingerprint density at radius 1 is 1.14 bits per heavy atom. The molecule has 9 nitrogen and oxygen atoms in total. The van der Waals surface area contributed by atoms with Gasteiger partial charge in [0.25, 0.3) is 5.91 Å². The second-order valence-electron chi connectivity index (χ2n) is 9.85. The summed E-state index contributed by atoms with van der Waals surface area (Å²) < 4.78 is 29.2. The normalized spacial score (nSPS) is 21.9. The number of carbonyl (C=O) groups excluding carboxylic acids is 1. The van der Waals surface area contributed by atoms with Crippen LogP contribution < -0.4 is 22.1 Å². The number of amides is 1. The molecule has 3 aliphatic rings. The molecule has 0 saturated carbocycles. The van der Waals surface area contributed by atoms with E-state index in [0.29, 0.717) is 5.82 Å². The first kappa shape index (κ1) is 23.0. The minimum atomic E-state index is -3.30. The molecule has 188 valence electrons. The number of carbonyl (C=O) groups is 1. The molecule has 2 aliphatic heterocycles. The third-order valence-electron chi connectivity index (χ3n) is 7.74. The number of piperidine rings is 1. The van der Waals surface area contributed by atoms with Crippen LogP contribution in [0.3, 0.4) is 0 Å². The third kappa shape index (κ3) is 3.58. The second kappa shape index (κ2) is 8.07. The fourth-order valence-corrected chi connectivity index (χ4v) is 6.70. The quantitative estimate of drug-likeness (QED) is 0.476. The van der Waals surface area contributed by atoms with E-state index < -0.39 is 18.4 Å². The van der Waals surface area contributed by atoms with Gasteiger partial charge in [0, 0.05) is 19.1 Å². The van der Waals surface area contributed by atoms with Crippen LogP contribution in [0.25, 0.3) is 0 Å². The van der Waals surface area contributed by atoms with Gasteiger partial charge in [-0.3, -0.25) is 4.79 Å². The largest absolute Gasteiger partial charge is 0.382 e. The number of nitrogens with two attached hydrogens (primary N) is 3. The lowest BCUT2D eigenvalue weighted by Crippen LogP contribution is -2.45. The highest BCUT2D eigenvalue weighted by molar-refractivity contribution is 7.15. The Kier molecular flexibility index (Phi) is 5.16. The van der Waals surface area contributed by atoms with Crippen molar-refractivity contribution in [2.45, 2.75) is 37.8 Å². The molecule has 1 saturated heterocycles. The second-order valence-corrected chi connectivity index (χ2v) is 11.0. The zero-order valence-corrected chi connectivity index (χ0v) is 20.3. The van der Waals surface area contributed by atoms with Gasteiger partial charge in [0.2, 0.25) is 0 Å². The summed E-state index contributed by atoms with van der Waals surface area (Å²) in [5, 5.41) is 0.0448. The van der Waals surface area contributed by atoms with E-state index in [2.05, 4.69) is 38.1 Å². The van der Waals surface area contributed by atoms with Gasteiger partial charge in [-0.25, -0.2) is 15.0 Å². The number of alkyl halides is 2. The van der Waals surface area contributed by atoms with Gasteiger partial charge in [-0.1, -0.05) is 35.6 Å². The summed E-state index contributed by atoms with van der Waals surface area (Å²) in [5.41, 5.74) is 20.5. The molecule has 1 aromatic carbocycles. The predicted molar refractivity (Wildman–Crippen MR) is 133 cm³/mol. The van der Waals surface area contributed by atoms with Crippen LogP contribution in [-0.2, 0) is 18.9 Å². The highest BCUT2D eigenvalue weighted by Gasteiger charge is 2.47. The van der Waals surface area contributed by atoms with Crippen molar-refractivity contribution in [3.63, 3.8) is 0 Å². The Balaban J connectivity index is 1.16. The van der Waals surface area contributed by atoms with Gasteiger partial charge in [0.05, 0.1) is 24.2 Å². The molecule has 12 heteroatoms. The zero-order chi connectivity index (χ0) is 25.2. The smallest absolute Gasteiger partial charge is 0.308 e. The van der Waals surface area contributed by atoms with Gasteiger partial charge >= 0.3 is 5.92 Å². The molecule has 0 unspecified atom stereocenters. The molecule has 0 radical (unpaired) electrons. The number of nitrogen functional groups attached to an aromatic ring is 2. The van der Waals surface area contributed by atoms with Crippen LogP contribution in [0, 0.1) is 5.41 Å². The first-order chi connectivity index (χ1) is 17.2. The summed E-state index contributed by atoms with van der Waals surface area (Å²) in [6, 6.07) is 8.36. The monoisotopic (exact) mass is 512 g/mol. The van der Waals surface area contributed by atoms with Crippen LogP contribution >= 0.6 is 11.3 Å². The lowest BCUT2D eigenvalue weighted by atomic mass is 9.73. The fraction of sp³-hybridized carbons (Fsp3) is 0.417. The maximum Gasteiger partial charge on any atom is 0.308 e. The number of halogens is 2. The number of aromatic nitrogens is 3. The number of rotatable bonds is 2. The molecule has 1 fully saturated rings. The summed E-state index contributed by atoms with van der Waals surface area (Å²) in [7, 11) is 0. The third-order valence-corrected chi connectivity index (χ3v) is 8.61. The van der Waals surface area contributed by atoms with Gasteiger partial charge in [-0.05, 0) is 35.8 Å². The topological polar surface area (TPSA) is 140 Å². The molecule has 36 heavy (non-hydrogen) atoms. The van der Waals surface area contributed by atoms with E-state index >= 15 is 0 Å². The molecule has 0 bridgehead atoms. The van der Waals surface area contributed by atoms with Crippen LogP contribution in [0.15, 0.2) is 30.5 Å². The summed E-state index contributed by atoms with van der Waals surface area (Å²) in [5.74, 6) is -3.52. The van der Waals surface area contributed by atoms with Crippen LogP contribution in [0.2, 0.25) is 0 Å². The number of thiazole rings is 1. The van der Waals surface area contributed by atoms with Crippen LogP contribution in [-0.4, -0.2) is 45.4 Å². The summed E-state index contributed by atoms with van der Waals surface area (Å²) in [6.07, 6.45) is 4.25. The molecular weight excluding hydrogens is 486 g/mol. The van der Waals surface area contributed by atoms with Crippen LogP contribution in [0.1, 0.15) is 51.1 Å². The number of hydrogen-bond acceptors (Lipinski definition) is 9. The molecular formula is C24H26F2N8OS. The van der Waals surface area contributed by atoms with Gasteiger partial charge < -0.3 is 27.0 Å². The summed E-state index contributed by atoms with van der Waals surface area (Å²) in [4.78, 5) is 28.8. The number of nitrogens with zero attached hydrogens (tertiary/aromatic N) is 5. The Labute approximate surface area is 210 Å². The molecule has 6 rings (SSSR count). The lowest BCUT2D eigenvalue weighted by Gasteiger charge is -2.42. The first-order valence-corrected chi connectivity index (χ1v) is 12.6. The number of hydrogen-bond donors (Lipinski definition) is 3. The van der Waals surface area contributed by atoms with E-state index in [1.165, 1.54) is 17.3 Å². The van der Waals surface area contributed by atoms with Crippen molar-refractivity contribution in [2.75, 3.05) is 36.0 Å². The van der Waals surface area contributed by atoms with Gasteiger partial charge in [-0.2, -0.15) is 8.78 Å². The average molecular weight is 513 g/mol. The Bertz CT molecular complexity index is 1350.